The number of hydrogen-bond donors (Lipinski definition) is 2. The molecule has 0 bridgehead atoms. The fraction of sp³-hybridized carbons (Fsp3) is 0.538. The van der Waals surface area contributed by atoms with E-state index in [0.29, 0.717) is 5.92 Å². The number of rotatable bonds is 3. The van der Waals surface area contributed by atoms with Crippen LogP contribution in [0.2, 0.25) is 0 Å². The summed E-state index contributed by atoms with van der Waals surface area (Å²) in [6.07, 6.45) is 2.08. The lowest BCUT2D eigenvalue weighted by Gasteiger charge is -2.23. The van der Waals surface area contributed by atoms with E-state index >= 15 is 0 Å². The number of piperidine rings is 1. The van der Waals surface area contributed by atoms with Crippen LogP contribution in [0.4, 0.5) is 10.1 Å². The zero-order valence-corrected chi connectivity index (χ0v) is 9.72. The van der Waals surface area contributed by atoms with E-state index in [9.17, 15) is 4.39 Å². The van der Waals surface area contributed by atoms with E-state index in [1.54, 1.807) is 6.07 Å². The summed E-state index contributed by atoms with van der Waals surface area (Å²) in [6, 6.07) is 5.52. The maximum Gasteiger partial charge on any atom is 0.128 e. The van der Waals surface area contributed by atoms with Gasteiger partial charge in [-0.15, -0.1) is 0 Å². The third-order valence-electron chi connectivity index (χ3n) is 3.16. The second kappa shape index (κ2) is 5.30. The molecule has 2 nitrogen and oxygen atoms in total. The Morgan fingerprint density at radius 1 is 1.38 bits per heavy atom. The van der Waals surface area contributed by atoms with E-state index in [1.165, 1.54) is 0 Å². The van der Waals surface area contributed by atoms with Gasteiger partial charge in [-0.3, -0.25) is 0 Å². The predicted molar refractivity (Wildman–Crippen MR) is 65.4 cm³/mol. The van der Waals surface area contributed by atoms with Gasteiger partial charge in [0.05, 0.1) is 0 Å². The molecule has 0 aromatic heterocycles. The minimum atomic E-state index is -0.0645. The van der Waals surface area contributed by atoms with Crippen LogP contribution in [-0.2, 0) is 0 Å². The average molecular weight is 222 g/mol. The first kappa shape index (κ1) is 11.4. The van der Waals surface area contributed by atoms with Crippen LogP contribution in [0.15, 0.2) is 18.2 Å². The molecule has 3 heteroatoms. The van der Waals surface area contributed by atoms with Gasteiger partial charge in [-0.2, -0.15) is 0 Å². The molecule has 0 unspecified atom stereocenters. The molecule has 2 N–H and O–H groups in total. The van der Waals surface area contributed by atoms with E-state index < -0.39 is 0 Å². The van der Waals surface area contributed by atoms with Gasteiger partial charge in [0, 0.05) is 12.2 Å². The summed E-state index contributed by atoms with van der Waals surface area (Å²) in [5, 5.41) is 6.43. The first-order valence-corrected chi connectivity index (χ1v) is 6.05. The normalized spacial score (nSPS) is 17.4. The highest BCUT2D eigenvalue weighted by atomic mass is 19.1. The molecule has 1 saturated heterocycles. The maximum absolute atomic E-state index is 13.9. The van der Waals surface area contributed by atoms with Crippen molar-refractivity contribution in [3.63, 3.8) is 0 Å². The van der Waals surface area contributed by atoms with Crippen LogP contribution < -0.4 is 10.6 Å². The number of halogens is 1. The molecule has 1 aromatic carbocycles. The largest absolute Gasteiger partial charge is 0.385 e. The lowest BCUT2D eigenvalue weighted by Crippen LogP contribution is -2.27. The molecule has 1 heterocycles. The van der Waals surface area contributed by atoms with Gasteiger partial charge in [-0.1, -0.05) is 6.07 Å². The zero-order chi connectivity index (χ0) is 11.4. The molecule has 0 amide bonds. The molecule has 0 atom stereocenters. The smallest absolute Gasteiger partial charge is 0.128 e. The van der Waals surface area contributed by atoms with Gasteiger partial charge in [-0.05, 0) is 56.5 Å². The van der Waals surface area contributed by atoms with Crippen LogP contribution in [0.25, 0.3) is 0 Å². The number of hydrogen-bond acceptors (Lipinski definition) is 2. The van der Waals surface area contributed by atoms with E-state index in [4.69, 9.17) is 0 Å². The molecule has 2 rings (SSSR count). The Kier molecular flexibility index (Phi) is 3.78. The summed E-state index contributed by atoms with van der Waals surface area (Å²) in [4.78, 5) is 0. The summed E-state index contributed by atoms with van der Waals surface area (Å²) in [6.45, 7) is 4.84. The molecule has 0 aliphatic carbocycles. The standard InChI is InChI=1S/C13H19FN2/c1-2-16-11-3-4-12(13(14)9-11)10-5-7-15-8-6-10/h3-4,9-10,15-16H,2,5-8H2,1H3. The summed E-state index contributed by atoms with van der Waals surface area (Å²) < 4.78 is 13.9. The maximum atomic E-state index is 13.9. The number of anilines is 1. The molecule has 1 fully saturated rings. The van der Waals surface area contributed by atoms with Gasteiger partial charge in [-0.25, -0.2) is 4.39 Å². The molecular formula is C13H19FN2. The van der Waals surface area contributed by atoms with Crippen molar-refractivity contribution in [1.82, 2.24) is 5.32 Å². The van der Waals surface area contributed by atoms with Gasteiger partial charge >= 0.3 is 0 Å². The molecule has 16 heavy (non-hydrogen) atoms. The van der Waals surface area contributed by atoms with E-state index in [2.05, 4.69) is 10.6 Å². The van der Waals surface area contributed by atoms with Crippen LogP contribution in [0.1, 0.15) is 31.2 Å². The Bertz CT molecular complexity index is 346. The van der Waals surface area contributed by atoms with E-state index in [1.807, 2.05) is 19.1 Å². The van der Waals surface area contributed by atoms with Crippen molar-refractivity contribution in [2.75, 3.05) is 25.0 Å². The van der Waals surface area contributed by atoms with Gasteiger partial charge in [0.15, 0.2) is 0 Å². The fourth-order valence-electron chi connectivity index (χ4n) is 2.31. The lowest BCUT2D eigenvalue weighted by molar-refractivity contribution is 0.445. The molecule has 0 radical (unpaired) electrons. The van der Waals surface area contributed by atoms with Crippen molar-refractivity contribution in [2.24, 2.45) is 0 Å². The van der Waals surface area contributed by atoms with Crippen LogP contribution in [-0.4, -0.2) is 19.6 Å². The Morgan fingerprint density at radius 3 is 2.75 bits per heavy atom. The molecular weight excluding hydrogens is 203 g/mol. The number of benzene rings is 1. The first-order valence-electron chi connectivity index (χ1n) is 6.05. The molecule has 1 aliphatic rings. The van der Waals surface area contributed by atoms with E-state index in [-0.39, 0.29) is 5.82 Å². The van der Waals surface area contributed by atoms with Gasteiger partial charge in [0.2, 0.25) is 0 Å². The second-order valence-corrected chi connectivity index (χ2v) is 4.29. The summed E-state index contributed by atoms with van der Waals surface area (Å²) in [5.41, 5.74) is 1.75. The quantitative estimate of drug-likeness (QED) is 0.821. The summed E-state index contributed by atoms with van der Waals surface area (Å²) in [7, 11) is 0. The number of nitrogens with one attached hydrogen (secondary N) is 2. The van der Waals surface area contributed by atoms with Crippen LogP contribution >= 0.6 is 0 Å². The molecule has 1 aromatic rings. The highest BCUT2D eigenvalue weighted by molar-refractivity contribution is 5.46. The lowest BCUT2D eigenvalue weighted by atomic mass is 9.90. The topological polar surface area (TPSA) is 24.1 Å². The zero-order valence-electron chi connectivity index (χ0n) is 9.72. The Morgan fingerprint density at radius 2 is 2.12 bits per heavy atom. The monoisotopic (exact) mass is 222 g/mol. The predicted octanol–water partition coefficient (Wildman–Crippen LogP) is 2.72. The van der Waals surface area contributed by atoms with Crippen molar-refractivity contribution in [1.29, 1.82) is 0 Å². The molecule has 88 valence electrons. The van der Waals surface area contributed by atoms with Gasteiger partial charge < -0.3 is 10.6 Å². The van der Waals surface area contributed by atoms with Gasteiger partial charge in [0.1, 0.15) is 5.82 Å². The second-order valence-electron chi connectivity index (χ2n) is 4.29. The fourth-order valence-corrected chi connectivity index (χ4v) is 2.31. The van der Waals surface area contributed by atoms with Gasteiger partial charge in [0.25, 0.3) is 0 Å². The van der Waals surface area contributed by atoms with Crippen LogP contribution in [0.3, 0.4) is 0 Å². The van der Waals surface area contributed by atoms with Crippen LogP contribution in [0.5, 0.6) is 0 Å². The summed E-state index contributed by atoms with van der Waals surface area (Å²) >= 11 is 0. The molecule has 1 aliphatic heterocycles. The van der Waals surface area contributed by atoms with Crippen molar-refractivity contribution in [3.8, 4) is 0 Å². The van der Waals surface area contributed by atoms with Crippen LogP contribution in [0, 0.1) is 5.82 Å². The SMILES string of the molecule is CCNc1ccc(C2CCNCC2)c(F)c1. The Hall–Kier alpha value is -1.09. The Labute approximate surface area is 96.2 Å². The molecule has 0 saturated carbocycles. The van der Waals surface area contributed by atoms with Crippen molar-refractivity contribution in [3.05, 3.63) is 29.6 Å². The average Bonchev–Trinajstić information content (AvgIpc) is 2.31. The van der Waals surface area contributed by atoms with Crippen molar-refractivity contribution in [2.45, 2.75) is 25.7 Å². The molecule has 0 spiro atoms. The third-order valence-corrected chi connectivity index (χ3v) is 3.16. The highest BCUT2D eigenvalue weighted by Gasteiger charge is 2.18. The van der Waals surface area contributed by atoms with E-state index in [0.717, 1.165) is 43.7 Å². The summed E-state index contributed by atoms with van der Waals surface area (Å²) in [5.74, 6) is 0.322. The Balaban J connectivity index is 2.14. The van der Waals surface area contributed by atoms with Crippen molar-refractivity contribution < 1.29 is 4.39 Å². The highest BCUT2D eigenvalue weighted by Crippen LogP contribution is 2.28. The third kappa shape index (κ3) is 2.53. The van der Waals surface area contributed by atoms with Crippen molar-refractivity contribution >= 4 is 5.69 Å². The minimum Gasteiger partial charge on any atom is -0.385 e. The minimum absolute atomic E-state index is 0.0645. The first-order chi connectivity index (χ1) is 7.81.